The molecular formula is C22H26FIN4O. The molecule has 0 saturated heterocycles. The monoisotopic (exact) mass is 508 g/mol. The molecule has 0 atom stereocenters. The van der Waals surface area contributed by atoms with Gasteiger partial charge in [-0.15, -0.1) is 24.0 Å². The fourth-order valence-electron chi connectivity index (χ4n) is 2.93. The number of hydrogen-bond acceptors (Lipinski definition) is 3. The van der Waals surface area contributed by atoms with Gasteiger partial charge in [0.2, 0.25) is 5.89 Å². The van der Waals surface area contributed by atoms with E-state index in [-0.39, 0.29) is 29.8 Å². The number of aromatic nitrogens is 1. The molecule has 0 amide bonds. The Kier molecular flexibility index (Phi) is 9.11. The van der Waals surface area contributed by atoms with Gasteiger partial charge >= 0.3 is 0 Å². The van der Waals surface area contributed by atoms with E-state index >= 15 is 0 Å². The lowest BCUT2D eigenvalue weighted by atomic mass is 10.1. The van der Waals surface area contributed by atoms with Crippen LogP contribution in [0.4, 0.5) is 4.39 Å². The second-order valence-electron chi connectivity index (χ2n) is 6.38. The van der Waals surface area contributed by atoms with Crippen LogP contribution in [0, 0.1) is 5.82 Å². The standard InChI is InChI=1S/C22H25FN4O.HI/c1-3-16-6-4-5-7-18(16)14-26-22(24-2)25-13-12-20-15-28-21(27-20)17-8-10-19(23)11-9-17;/h4-11,15H,3,12-14H2,1-2H3,(H2,24,25,26);1H. The molecule has 1 heterocycles. The second-order valence-corrected chi connectivity index (χ2v) is 6.38. The largest absolute Gasteiger partial charge is 0.444 e. The lowest BCUT2D eigenvalue weighted by Gasteiger charge is -2.13. The quantitative estimate of drug-likeness (QED) is 0.279. The Labute approximate surface area is 187 Å². The van der Waals surface area contributed by atoms with Gasteiger partial charge in [-0.3, -0.25) is 4.99 Å². The van der Waals surface area contributed by atoms with Crippen LogP contribution in [0.25, 0.3) is 11.5 Å². The molecule has 2 aromatic carbocycles. The van der Waals surface area contributed by atoms with Gasteiger partial charge in [0.25, 0.3) is 0 Å². The molecule has 0 saturated carbocycles. The summed E-state index contributed by atoms with van der Waals surface area (Å²) in [6.07, 6.45) is 3.33. The minimum absolute atomic E-state index is 0. The van der Waals surface area contributed by atoms with Crippen molar-refractivity contribution < 1.29 is 8.81 Å². The van der Waals surface area contributed by atoms with Crippen molar-refractivity contribution in [3.63, 3.8) is 0 Å². The maximum atomic E-state index is 13.0. The second kappa shape index (κ2) is 11.5. The first-order chi connectivity index (χ1) is 13.7. The third-order valence-electron chi connectivity index (χ3n) is 4.49. The number of hydrogen-bond donors (Lipinski definition) is 2. The van der Waals surface area contributed by atoms with Gasteiger partial charge in [0.1, 0.15) is 12.1 Å². The van der Waals surface area contributed by atoms with Crippen LogP contribution in [0.5, 0.6) is 0 Å². The first-order valence-corrected chi connectivity index (χ1v) is 9.41. The smallest absolute Gasteiger partial charge is 0.226 e. The molecule has 0 fully saturated rings. The van der Waals surface area contributed by atoms with E-state index in [2.05, 4.69) is 51.8 Å². The molecule has 2 N–H and O–H groups in total. The minimum atomic E-state index is -0.278. The molecule has 3 aromatic rings. The van der Waals surface area contributed by atoms with Gasteiger partial charge in [-0.2, -0.15) is 0 Å². The molecule has 154 valence electrons. The Morgan fingerprint density at radius 2 is 1.79 bits per heavy atom. The number of nitrogens with zero attached hydrogens (tertiary/aromatic N) is 2. The van der Waals surface area contributed by atoms with Gasteiger partial charge in [-0.1, -0.05) is 31.2 Å². The molecule has 0 radical (unpaired) electrons. The Hall–Kier alpha value is -2.42. The van der Waals surface area contributed by atoms with Gasteiger partial charge in [0.15, 0.2) is 5.96 Å². The SMILES string of the molecule is CCc1ccccc1CNC(=NC)NCCc1coc(-c2ccc(F)cc2)n1.I. The van der Waals surface area contributed by atoms with E-state index in [1.54, 1.807) is 25.4 Å². The number of benzene rings is 2. The first-order valence-electron chi connectivity index (χ1n) is 9.41. The van der Waals surface area contributed by atoms with Gasteiger partial charge in [-0.05, 0) is 41.8 Å². The summed E-state index contributed by atoms with van der Waals surface area (Å²) in [4.78, 5) is 8.73. The van der Waals surface area contributed by atoms with E-state index in [1.807, 2.05) is 0 Å². The summed E-state index contributed by atoms with van der Waals surface area (Å²) in [5.74, 6) is 0.960. The highest BCUT2D eigenvalue weighted by Crippen LogP contribution is 2.19. The van der Waals surface area contributed by atoms with Crippen molar-refractivity contribution in [2.24, 2.45) is 4.99 Å². The van der Waals surface area contributed by atoms with Crippen LogP contribution in [0.3, 0.4) is 0 Å². The fourth-order valence-corrected chi connectivity index (χ4v) is 2.93. The van der Waals surface area contributed by atoms with Gasteiger partial charge in [0.05, 0.1) is 5.69 Å². The summed E-state index contributed by atoms with van der Waals surface area (Å²) in [7, 11) is 1.75. The maximum absolute atomic E-state index is 13.0. The third-order valence-corrected chi connectivity index (χ3v) is 4.49. The van der Waals surface area contributed by atoms with Gasteiger partial charge in [-0.25, -0.2) is 9.37 Å². The van der Waals surface area contributed by atoms with Gasteiger partial charge in [0, 0.05) is 32.1 Å². The molecule has 0 aliphatic carbocycles. The molecule has 5 nitrogen and oxygen atoms in total. The average Bonchev–Trinajstić information content (AvgIpc) is 3.20. The lowest BCUT2D eigenvalue weighted by Crippen LogP contribution is -2.38. The molecule has 7 heteroatoms. The Morgan fingerprint density at radius 1 is 1.07 bits per heavy atom. The molecule has 29 heavy (non-hydrogen) atoms. The van der Waals surface area contributed by atoms with E-state index in [0.29, 0.717) is 18.9 Å². The van der Waals surface area contributed by atoms with E-state index in [9.17, 15) is 4.39 Å². The molecule has 0 bridgehead atoms. The Morgan fingerprint density at radius 3 is 2.48 bits per heavy atom. The summed E-state index contributed by atoms with van der Waals surface area (Å²) in [6.45, 7) is 3.55. The highest BCUT2D eigenvalue weighted by Gasteiger charge is 2.07. The summed E-state index contributed by atoms with van der Waals surface area (Å²) in [5.41, 5.74) is 4.20. The molecule has 0 spiro atoms. The average molecular weight is 508 g/mol. The predicted octanol–water partition coefficient (Wildman–Crippen LogP) is 4.57. The number of aryl methyl sites for hydroxylation is 1. The molecule has 0 aliphatic rings. The highest BCUT2D eigenvalue weighted by atomic mass is 127. The fraction of sp³-hybridized carbons (Fsp3) is 0.273. The van der Waals surface area contributed by atoms with Crippen molar-refractivity contribution in [2.75, 3.05) is 13.6 Å². The number of guanidine groups is 1. The van der Waals surface area contributed by atoms with Crippen molar-refractivity contribution in [1.82, 2.24) is 15.6 Å². The molecule has 1 aromatic heterocycles. The van der Waals surface area contributed by atoms with E-state index in [0.717, 1.165) is 30.2 Å². The lowest BCUT2D eigenvalue weighted by molar-refractivity contribution is 0.571. The van der Waals surface area contributed by atoms with Crippen molar-refractivity contribution in [1.29, 1.82) is 0 Å². The summed E-state index contributed by atoms with van der Waals surface area (Å²) in [6, 6.07) is 14.5. The Balaban J connectivity index is 0.00000300. The van der Waals surface area contributed by atoms with Crippen molar-refractivity contribution >= 4 is 29.9 Å². The zero-order chi connectivity index (χ0) is 19.8. The van der Waals surface area contributed by atoms with Crippen molar-refractivity contribution in [3.8, 4) is 11.5 Å². The maximum Gasteiger partial charge on any atom is 0.226 e. The van der Waals surface area contributed by atoms with Crippen LogP contribution in [0.1, 0.15) is 23.7 Å². The normalized spacial score (nSPS) is 11.1. The number of halogens is 2. The molecule has 0 unspecified atom stereocenters. The Bertz CT molecular complexity index is 925. The van der Waals surface area contributed by atoms with Crippen LogP contribution in [-0.4, -0.2) is 24.5 Å². The molecular weight excluding hydrogens is 482 g/mol. The molecule has 3 rings (SSSR count). The number of aliphatic imine (C=N–C) groups is 1. The van der Waals surface area contributed by atoms with Crippen LogP contribution in [0.15, 0.2) is 64.2 Å². The van der Waals surface area contributed by atoms with Crippen LogP contribution >= 0.6 is 24.0 Å². The highest BCUT2D eigenvalue weighted by molar-refractivity contribution is 14.0. The first kappa shape index (κ1) is 22.9. The van der Waals surface area contributed by atoms with Crippen molar-refractivity contribution in [2.45, 2.75) is 26.3 Å². The summed E-state index contributed by atoms with van der Waals surface area (Å²) < 4.78 is 18.5. The van der Waals surface area contributed by atoms with E-state index in [1.165, 1.54) is 23.3 Å². The zero-order valence-corrected chi connectivity index (χ0v) is 18.9. The summed E-state index contributed by atoms with van der Waals surface area (Å²) >= 11 is 0. The van der Waals surface area contributed by atoms with Crippen LogP contribution in [0.2, 0.25) is 0 Å². The third kappa shape index (κ3) is 6.56. The van der Waals surface area contributed by atoms with Crippen molar-refractivity contribution in [3.05, 3.63) is 77.4 Å². The number of rotatable bonds is 7. The topological polar surface area (TPSA) is 62.5 Å². The van der Waals surface area contributed by atoms with E-state index in [4.69, 9.17) is 4.42 Å². The summed E-state index contributed by atoms with van der Waals surface area (Å²) in [5, 5.41) is 6.63. The van der Waals surface area contributed by atoms with E-state index < -0.39 is 0 Å². The predicted molar refractivity (Wildman–Crippen MR) is 125 cm³/mol. The zero-order valence-electron chi connectivity index (χ0n) is 16.6. The van der Waals surface area contributed by atoms with Crippen LogP contribution in [-0.2, 0) is 19.4 Å². The minimum Gasteiger partial charge on any atom is -0.444 e. The van der Waals surface area contributed by atoms with Gasteiger partial charge < -0.3 is 15.1 Å². The number of nitrogens with one attached hydrogen (secondary N) is 2. The number of oxazole rings is 1. The molecule has 0 aliphatic heterocycles. The van der Waals surface area contributed by atoms with Crippen LogP contribution < -0.4 is 10.6 Å².